The molecule has 6 nitrogen and oxygen atoms in total. The smallest absolute Gasteiger partial charge is 0.255 e. The molecule has 0 saturated heterocycles. The molecule has 0 atom stereocenters. The number of amides is 1. The van der Waals surface area contributed by atoms with Crippen molar-refractivity contribution in [3.8, 4) is 10.4 Å². The van der Waals surface area contributed by atoms with E-state index in [1.54, 1.807) is 48.0 Å². The molecular weight excluding hydrogens is 370 g/mol. The summed E-state index contributed by atoms with van der Waals surface area (Å²) in [5.74, 6) is 0.326. The van der Waals surface area contributed by atoms with Crippen molar-refractivity contribution in [1.29, 1.82) is 0 Å². The van der Waals surface area contributed by atoms with Gasteiger partial charge in [0.2, 0.25) is 5.95 Å². The van der Waals surface area contributed by atoms with E-state index in [9.17, 15) is 4.79 Å². The predicted molar refractivity (Wildman–Crippen MR) is 114 cm³/mol. The van der Waals surface area contributed by atoms with Gasteiger partial charge >= 0.3 is 0 Å². The molecule has 4 aromatic rings. The first-order valence-electron chi connectivity index (χ1n) is 8.57. The minimum atomic E-state index is -0.187. The molecule has 7 heteroatoms. The Labute approximate surface area is 166 Å². The number of nitrogens with one attached hydrogen (secondary N) is 2. The van der Waals surface area contributed by atoms with Crippen molar-refractivity contribution in [2.24, 2.45) is 0 Å². The van der Waals surface area contributed by atoms with Gasteiger partial charge in [-0.2, -0.15) is 0 Å². The highest BCUT2D eigenvalue weighted by molar-refractivity contribution is 7.13. The molecule has 4 N–H and O–H groups in total. The first kappa shape index (κ1) is 17.7. The maximum absolute atomic E-state index is 12.2. The Balaban J connectivity index is 1.39. The first-order valence-corrected chi connectivity index (χ1v) is 9.45. The summed E-state index contributed by atoms with van der Waals surface area (Å²) in [7, 11) is 0. The normalized spacial score (nSPS) is 10.4. The molecule has 0 aliphatic rings. The van der Waals surface area contributed by atoms with Crippen molar-refractivity contribution in [1.82, 2.24) is 9.97 Å². The van der Waals surface area contributed by atoms with Gasteiger partial charge in [0.25, 0.3) is 5.91 Å². The fraction of sp³-hybridized carbons (Fsp3) is 0. The third kappa shape index (κ3) is 4.16. The van der Waals surface area contributed by atoms with Crippen LogP contribution in [0.1, 0.15) is 10.4 Å². The fourth-order valence-electron chi connectivity index (χ4n) is 2.57. The molecule has 0 spiro atoms. The Bertz CT molecular complexity index is 1060. The van der Waals surface area contributed by atoms with Crippen molar-refractivity contribution in [3.63, 3.8) is 0 Å². The third-order valence-electron chi connectivity index (χ3n) is 4.03. The van der Waals surface area contributed by atoms with E-state index in [-0.39, 0.29) is 5.91 Å². The van der Waals surface area contributed by atoms with E-state index in [1.807, 2.05) is 41.8 Å². The zero-order valence-corrected chi connectivity index (χ0v) is 15.6. The Morgan fingerprint density at radius 3 is 2.21 bits per heavy atom. The van der Waals surface area contributed by atoms with Crippen LogP contribution in [0.2, 0.25) is 0 Å². The van der Waals surface area contributed by atoms with Crippen LogP contribution in [-0.2, 0) is 0 Å². The Morgan fingerprint density at radius 2 is 1.57 bits per heavy atom. The number of rotatable bonds is 5. The molecule has 138 valence electrons. The molecule has 0 aliphatic heterocycles. The standard InChI is InChI=1S/C21H17N5OS/c22-16-5-3-14(4-6-16)20(27)25-17-7-9-18(10-8-17)26-21-23-12-15(13-24-21)19-2-1-11-28-19/h1-13H,22H2,(H,25,27)(H,23,24,26). The molecule has 1 amide bonds. The van der Waals surface area contributed by atoms with Gasteiger partial charge in [0.15, 0.2) is 0 Å². The maximum atomic E-state index is 12.2. The van der Waals surface area contributed by atoms with Gasteiger partial charge in [0.05, 0.1) is 0 Å². The molecule has 0 radical (unpaired) electrons. The van der Waals surface area contributed by atoms with Crippen LogP contribution in [0, 0.1) is 0 Å². The Kier molecular flexibility index (Phi) is 4.99. The summed E-state index contributed by atoms with van der Waals surface area (Å²) in [6.45, 7) is 0. The van der Waals surface area contributed by atoms with Gasteiger partial charge in [0.1, 0.15) is 0 Å². The molecule has 0 unspecified atom stereocenters. The number of aromatic nitrogens is 2. The number of benzene rings is 2. The number of nitrogen functional groups attached to an aromatic ring is 1. The van der Waals surface area contributed by atoms with Crippen LogP contribution in [-0.4, -0.2) is 15.9 Å². The molecule has 0 saturated carbocycles. The minimum Gasteiger partial charge on any atom is -0.399 e. The summed E-state index contributed by atoms with van der Waals surface area (Å²) in [6.07, 6.45) is 3.59. The molecule has 0 bridgehead atoms. The lowest BCUT2D eigenvalue weighted by atomic mass is 10.2. The van der Waals surface area contributed by atoms with Crippen molar-refractivity contribution in [3.05, 3.63) is 84.0 Å². The lowest BCUT2D eigenvalue weighted by Gasteiger charge is -2.08. The second-order valence-electron chi connectivity index (χ2n) is 6.05. The molecule has 2 heterocycles. The number of thiophene rings is 1. The predicted octanol–water partition coefficient (Wildman–Crippen LogP) is 4.78. The van der Waals surface area contributed by atoms with Gasteiger partial charge < -0.3 is 16.4 Å². The molecular formula is C21H17N5OS. The lowest BCUT2D eigenvalue weighted by molar-refractivity contribution is 0.102. The van der Waals surface area contributed by atoms with Gasteiger partial charge in [0, 0.05) is 45.5 Å². The van der Waals surface area contributed by atoms with Crippen LogP contribution in [0.3, 0.4) is 0 Å². The van der Waals surface area contributed by atoms with Crippen LogP contribution >= 0.6 is 11.3 Å². The van der Waals surface area contributed by atoms with E-state index in [1.165, 1.54) is 0 Å². The number of nitrogens with two attached hydrogens (primary N) is 1. The summed E-state index contributed by atoms with van der Waals surface area (Å²) < 4.78 is 0. The van der Waals surface area contributed by atoms with Gasteiger partial charge in [-0.1, -0.05) is 6.07 Å². The molecule has 2 aromatic carbocycles. The molecule has 0 fully saturated rings. The number of carbonyl (C=O) groups excluding carboxylic acids is 1. The van der Waals surface area contributed by atoms with Crippen molar-refractivity contribution < 1.29 is 4.79 Å². The molecule has 4 rings (SSSR count). The Morgan fingerprint density at radius 1 is 0.893 bits per heavy atom. The second kappa shape index (κ2) is 7.89. The van der Waals surface area contributed by atoms with E-state index in [0.29, 0.717) is 22.9 Å². The molecule has 2 aromatic heterocycles. The summed E-state index contributed by atoms with van der Waals surface area (Å²) in [6, 6.07) is 18.2. The first-order chi connectivity index (χ1) is 13.7. The van der Waals surface area contributed by atoms with Gasteiger partial charge in [-0.05, 0) is 60.0 Å². The lowest BCUT2D eigenvalue weighted by Crippen LogP contribution is -2.11. The maximum Gasteiger partial charge on any atom is 0.255 e. The SMILES string of the molecule is Nc1ccc(C(=O)Nc2ccc(Nc3ncc(-c4cccs4)cn3)cc2)cc1. The van der Waals surface area contributed by atoms with Gasteiger partial charge in [-0.3, -0.25) is 4.79 Å². The van der Waals surface area contributed by atoms with E-state index >= 15 is 0 Å². The zero-order chi connectivity index (χ0) is 19.3. The fourth-order valence-corrected chi connectivity index (χ4v) is 3.27. The van der Waals surface area contributed by atoms with Crippen LogP contribution in [0.15, 0.2) is 78.4 Å². The van der Waals surface area contributed by atoms with Crippen LogP contribution in [0.5, 0.6) is 0 Å². The minimum absolute atomic E-state index is 0.187. The average Bonchev–Trinajstić information content (AvgIpc) is 3.25. The van der Waals surface area contributed by atoms with Crippen molar-refractivity contribution in [2.45, 2.75) is 0 Å². The number of carbonyl (C=O) groups is 1. The third-order valence-corrected chi connectivity index (χ3v) is 4.95. The number of hydrogen-bond acceptors (Lipinski definition) is 6. The largest absolute Gasteiger partial charge is 0.399 e. The summed E-state index contributed by atoms with van der Waals surface area (Å²) >= 11 is 1.65. The number of hydrogen-bond donors (Lipinski definition) is 3. The summed E-state index contributed by atoms with van der Waals surface area (Å²) in [5, 5.41) is 8.03. The van der Waals surface area contributed by atoms with E-state index < -0.39 is 0 Å². The molecule has 28 heavy (non-hydrogen) atoms. The van der Waals surface area contributed by atoms with E-state index in [0.717, 1.165) is 16.1 Å². The highest BCUT2D eigenvalue weighted by atomic mass is 32.1. The van der Waals surface area contributed by atoms with E-state index in [4.69, 9.17) is 5.73 Å². The number of nitrogens with zero attached hydrogens (tertiary/aromatic N) is 2. The quantitative estimate of drug-likeness (QED) is 0.428. The Hall–Kier alpha value is -3.71. The van der Waals surface area contributed by atoms with Crippen LogP contribution in [0.25, 0.3) is 10.4 Å². The monoisotopic (exact) mass is 387 g/mol. The highest BCUT2D eigenvalue weighted by Crippen LogP contribution is 2.24. The highest BCUT2D eigenvalue weighted by Gasteiger charge is 2.06. The number of anilines is 4. The molecule has 0 aliphatic carbocycles. The van der Waals surface area contributed by atoms with E-state index in [2.05, 4.69) is 20.6 Å². The summed E-state index contributed by atoms with van der Waals surface area (Å²) in [5.41, 5.74) is 9.33. The average molecular weight is 387 g/mol. The second-order valence-corrected chi connectivity index (χ2v) is 7.00. The van der Waals surface area contributed by atoms with Crippen molar-refractivity contribution in [2.75, 3.05) is 16.4 Å². The van der Waals surface area contributed by atoms with Gasteiger partial charge in [-0.15, -0.1) is 11.3 Å². The van der Waals surface area contributed by atoms with Crippen LogP contribution < -0.4 is 16.4 Å². The van der Waals surface area contributed by atoms with Crippen LogP contribution in [0.4, 0.5) is 23.0 Å². The van der Waals surface area contributed by atoms with Crippen molar-refractivity contribution >= 4 is 40.3 Å². The summed E-state index contributed by atoms with van der Waals surface area (Å²) in [4.78, 5) is 22.1. The van der Waals surface area contributed by atoms with Gasteiger partial charge in [-0.25, -0.2) is 9.97 Å². The zero-order valence-electron chi connectivity index (χ0n) is 14.8. The topological polar surface area (TPSA) is 92.9 Å².